The molecule has 36 N–H and O–H groups in total. The van der Waals surface area contributed by atoms with Gasteiger partial charge in [-0.15, -0.1) is 0 Å². The fourth-order valence-corrected chi connectivity index (χ4v) is 8.89. The van der Waals surface area contributed by atoms with Crippen molar-refractivity contribution in [1.29, 1.82) is 0 Å². The summed E-state index contributed by atoms with van der Waals surface area (Å²) in [7, 11) is 0. The highest BCUT2D eigenvalue weighted by atomic mass is 16.3. The van der Waals surface area contributed by atoms with Crippen LogP contribution in [0.2, 0.25) is 0 Å². The molecule has 0 spiro atoms. The molecular formula is C54H107N27O11. The summed E-state index contributed by atoms with van der Waals surface area (Å²) in [6.45, 7) is 6.45. The van der Waals surface area contributed by atoms with Crippen LogP contribution in [0.25, 0.3) is 0 Å². The van der Waals surface area contributed by atoms with E-state index in [4.69, 9.17) is 74.5 Å². The molecule has 0 radical (unpaired) electrons. The number of primary amides is 1. The van der Waals surface area contributed by atoms with Crippen molar-refractivity contribution in [2.45, 2.75) is 197 Å². The van der Waals surface area contributed by atoms with Gasteiger partial charge in [0.05, 0.1) is 6.10 Å². The molecule has 0 heterocycles. The molecule has 0 fully saturated rings. The molecule has 10 amide bonds. The van der Waals surface area contributed by atoms with Crippen LogP contribution in [0.3, 0.4) is 0 Å². The first-order valence-electron chi connectivity index (χ1n) is 30.7. The lowest BCUT2D eigenvalue weighted by Crippen LogP contribution is -2.61. The lowest BCUT2D eigenvalue weighted by molar-refractivity contribution is -0.136. The number of aliphatic hydroxyl groups excluding tert-OH is 1. The maximum absolute atomic E-state index is 14.7. The third-order valence-corrected chi connectivity index (χ3v) is 14.0. The predicted octanol–water partition coefficient (Wildman–Crippen LogP) is -9.19. The molecule has 0 rings (SSSR count). The molecule has 0 saturated heterocycles. The van der Waals surface area contributed by atoms with E-state index in [0.29, 0.717) is 25.7 Å². The van der Waals surface area contributed by atoms with Gasteiger partial charge in [-0.05, 0) is 129 Å². The monoisotopic (exact) mass is 1310 g/mol. The Bertz CT molecular complexity index is 2480. The van der Waals surface area contributed by atoms with Crippen LogP contribution in [-0.4, -0.2) is 200 Å². The molecule has 0 bridgehead atoms. The molecule has 0 aliphatic heterocycles. The van der Waals surface area contributed by atoms with Gasteiger partial charge in [0.15, 0.2) is 29.8 Å². The van der Waals surface area contributed by atoms with E-state index >= 15 is 0 Å². The first-order chi connectivity index (χ1) is 43.4. The molecule has 11 atom stereocenters. The minimum Gasteiger partial charge on any atom is -0.391 e. The lowest BCUT2D eigenvalue weighted by atomic mass is 9.96. The Kier molecular flexibility index (Phi) is 42.3. The number of nitrogens with one attached hydrogen (secondary N) is 9. The summed E-state index contributed by atoms with van der Waals surface area (Å²) in [5.74, 6) is -10.1. The Balaban J connectivity index is 7.50. The number of rotatable bonds is 49. The first-order valence-corrected chi connectivity index (χ1v) is 30.7. The average Bonchev–Trinajstić information content (AvgIpc) is 1.32. The number of aliphatic hydroxyl groups is 1. The van der Waals surface area contributed by atoms with Crippen LogP contribution in [0.4, 0.5) is 0 Å². The van der Waals surface area contributed by atoms with E-state index in [-0.39, 0.29) is 159 Å². The summed E-state index contributed by atoms with van der Waals surface area (Å²) in [4.78, 5) is 159. The number of hydrogen-bond donors (Lipinski definition) is 23. The molecule has 38 nitrogen and oxygen atoms in total. The van der Waals surface area contributed by atoms with Crippen LogP contribution in [0.5, 0.6) is 0 Å². The van der Waals surface area contributed by atoms with E-state index in [2.05, 4.69) is 72.8 Å². The van der Waals surface area contributed by atoms with Gasteiger partial charge in [0.25, 0.3) is 0 Å². The topological polar surface area (TPSA) is 699 Å². The minimum atomic E-state index is -1.54. The standard InChI is InChI=1S/C54H107N27O11/c1-5-29(2)39(80-47(90)32(73-31(4)83)17-10-24-68-50(58)59)49(92)79-37(20-13-27-71-53(64)65)46(89)77-36(19-12-26-70-52(62)63)45(88)76-35(18-11-25-69-51(60)61)44(87)75-33(15-6-8-22-55)42(85)74-34(16-7-9-23-56)43(86)78-38(21-14-28-72-54(66)67)48(91)81-40(30(3)82)41(57)84/h29-30,32-40,82H,5-28,55-56H2,1-4H3,(H2,57,84)(H,73,83)(H,74,85)(H,75,87)(H,76,88)(H,77,89)(H,78,86)(H,79,92)(H,80,90)(H,81,91)(H4,58,59,68)(H4,60,61,69)(H4,62,63,70)(H4,64,65,71)(H4,66,67,72)/t29-,30+,32-,33-,34-,35-,36-,37-,38-,39-,40-/m0/s1. The van der Waals surface area contributed by atoms with Gasteiger partial charge in [-0.3, -0.25) is 72.9 Å². The van der Waals surface area contributed by atoms with Crippen molar-refractivity contribution in [2.75, 3.05) is 45.8 Å². The molecule has 0 aliphatic rings. The van der Waals surface area contributed by atoms with E-state index < -0.39 is 125 Å². The van der Waals surface area contributed by atoms with Gasteiger partial charge in [0, 0.05) is 39.6 Å². The summed E-state index contributed by atoms with van der Waals surface area (Å²) < 4.78 is 0. The van der Waals surface area contributed by atoms with Gasteiger partial charge in [-0.1, -0.05) is 20.3 Å². The van der Waals surface area contributed by atoms with Gasteiger partial charge in [0.2, 0.25) is 59.1 Å². The highest BCUT2D eigenvalue weighted by Crippen LogP contribution is 2.14. The van der Waals surface area contributed by atoms with Crippen molar-refractivity contribution in [3.63, 3.8) is 0 Å². The highest BCUT2D eigenvalue weighted by Gasteiger charge is 2.36. The van der Waals surface area contributed by atoms with E-state index in [1.165, 1.54) is 13.8 Å². The smallest absolute Gasteiger partial charge is 0.243 e. The molecule has 0 aromatic carbocycles. The van der Waals surface area contributed by atoms with Crippen LogP contribution in [0, 0.1) is 5.92 Å². The number of hydrogen-bond acceptors (Lipinski definition) is 18. The van der Waals surface area contributed by atoms with Crippen LogP contribution in [-0.2, 0) is 47.9 Å². The summed E-state index contributed by atoms with van der Waals surface area (Å²) in [5.41, 5.74) is 72.4. The van der Waals surface area contributed by atoms with Crippen molar-refractivity contribution < 1.29 is 53.1 Å². The largest absolute Gasteiger partial charge is 0.391 e. The number of aliphatic imine (C=N–C) groups is 5. The number of carbonyl (C=O) groups excluding carboxylic acids is 10. The van der Waals surface area contributed by atoms with E-state index in [1.807, 2.05) is 0 Å². The number of nitrogens with zero attached hydrogens (tertiary/aromatic N) is 5. The maximum Gasteiger partial charge on any atom is 0.243 e. The van der Waals surface area contributed by atoms with Gasteiger partial charge in [-0.2, -0.15) is 0 Å². The molecule has 0 unspecified atom stereocenters. The third kappa shape index (κ3) is 37.2. The quantitative estimate of drug-likeness (QED) is 0.0153. The molecule has 38 heteroatoms. The molecule has 0 aliphatic carbocycles. The van der Waals surface area contributed by atoms with Gasteiger partial charge >= 0.3 is 0 Å². The third-order valence-electron chi connectivity index (χ3n) is 14.0. The SMILES string of the molecule is CC[C@H](C)[C@H](NC(=O)[C@H](CCCN=C(N)N)NC(C)=O)C(=O)N[C@@H](CCCN=C(N)N)C(=O)N[C@@H](CCCN=C(N)N)C(=O)N[C@@H](CCCN=C(N)N)C(=O)N[C@@H](CCCCN)C(=O)N[C@@H](CCCCN)C(=O)N[C@@H](CCCN=C(N)N)C(=O)N[C@H](C(N)=O)[C@@H](C)O. The summed E-state index contributed by atoms with van der Waals surface area (Å²) in [6.07, 6.45) is 0.493. The van der Waals surface area contributed by atoms with Gasteiger partial charge < -0.3 is 127 Å². The molecule has 524 valence electrons. The van der Waals surface area contributed by atoms with Crippen LogP contribution in [0.15, 0.2) is 25.0 Å². The van der Waals surface area contributed by atoms with Crippen molar-refractivity contribution in [3.8, 4) is 0 Å². The number of unbranched alkanes of at least 4 members (excludes halogenated alkanes) is 2. The molecule has 0 aromatic rings. The van der Waals surface area contributed by atoms with E-state index in [0.717, 1.165) is 0 Å². The van der Waals surface area contributed by atoms with Crippen molar-refractivity contribution in [3.05, 3.63) is 0 Å². The first kappa shape index (κ1) is 82.9. The van der Waals surface area contributed by atoms with Crippen molar-refractivity contribution >= 4 is 88.9 Å². The summed E-state index contributed by atoms with van der Waals surface area (Å²) in [5, 5.41) is 33.9. The predicted molar refractivity (Wildman–Crippen MR) is 349 cm³/mol. The zero-order valence-electron chi connectivity index (χ0n) is 53.6. The van der Waals surface area contributed by atoms with Crippen LogP contribution < -0.4 is 122 Å². The van der Waals surface area contributed by atoms with Gasteiger partial charge in [0.1, 0.15) is 54.4 Å². The fraction of sp³-hybridized carbons (Fsp3) is 0.722. The second kappa shape index (κ2) is 46.9. The van der Waals surface area contributed by atoms with Crippen LogP contribution >= 0.6 is 0 Å². The normalized spacial score (nSPS) is 14.4. The van der Waals surface area contributed by atoms with Crippen molar-refractivity contribution in [2.24, 2.45) is 105 Å². The summed E-state index contributed by atoms with van der Waals surface area (Å²) >= 11 is 0. The zero-order chi connectivity index (χ0) is 69.9. The number of guanidine groups is 5. The molecule has 0 aromatic heterocycles. The Morgan fingerprint density at radius 2 is 0.565 bits per heavy atom. The molecule has 0 saturated carbocycles. The highest BCUT2D eigenvalue weighted by molar-refractivity contribution is 5.98. The number of amides is 10. The van der Waals surface area contributed by atoms with Crippen LogP contribution in [0.1, 0.15) is 137 Å². The van der Waals surface area contributed by atoms with E-state index in [1.54, 1.807) is 13.8 Å². The average molecular weight is 1310 g/mol. The summed E-state index contributed by atoms with van der Waals surface area (Å²) in [6, 6.07) is -12.4. The zero-order valence-corrected chi connectivity index (χ0v) is 53.6. The fourth-order valence-electron chi connectivity index (χ4n) is 8.89. The second-order valence-corrected chi connectivity index (χ2v) is 21.9. The Morgan fingerprint density at radius 1 is 0.337 bits per heavy atom. The Morgan fingerprint density at radius 3 is 0.783 bits per heavy atom. The number of carbonyl (C=O) groups is 10. The Hall–Kier alpha value is -9.07. The van der Waals surface area contributed by atoms with Crippen molar-refractivity contribution in [1.82, 2.24) is 47.9 Å². The number of nitrogens with two attached hydrogens (primary N) is 13. The van der Waals surface area contributed by atoms with Gasteiger partial charge in [-0.25, -0.2) is 0 Å². The minimum absolute atomic E-state index is 0.00573. The second-order valence-electron chi connectivity index (χ2n) is 21.9. The maximum atomic E-state index is 14.7. The van der Waals surface area contributed by atoms with E-state index in [9.17, 15) is 53.1 Å². The molecular weight excluding hydrogens is 1200 g/mol. The lowest BCUT2D eigenvalue weighted by Gasteiger charge is -2.29. The Labute approximate surface area is 536 Å². The molecule has 92 heavy (non-hydrogen) atoms.